The van der Waals surface area contributed by atoms with E-state index < -0.39 is 0 Å². The molecule has 4 nitrogen and oxygen atoms in total. The quantitative estimate of drug-likeness (QED) is 0.827. The van der Waals surface area contributed by atoms with Gasteiger partial charge in [-0.15, -0.1) is 0 Å². The summed E-state index contributed by atoms with van der Waals surface area (Å²) in [5.74, 6) is 0.763. The van der Waals surface area contributed by atoms with E-state index in [1.165, 1.54) is 0 Å². The van der Waals surface area contributed by atoms with Gasteiger partial charge in [-0.2, -0.15) is 0 Å². The van der Waals surface area contributed by atoms with Crippen molar-refractivity contribution < 1.29 is 4.84 Å². The van der Waals surface area contributed by atoms with Crippen molar-refractivity contribution in [1.82, 2.24) is 9.88 Å². The normalized spacial score (nSPS) is 18.8. The largest absolute Gasteiger partial charge is 0.345 e. The molecule has 1 N–H and O–H groups in total. The smallest absolute Gasteiger partial charge is 0.280 e. The minimum absolute atomic E-state index is 0.245. The summed E-state index contributed by atoms with van der Waals surface area (Å²) in [6.45, 7) is 0. The van der Waals surface area contributed by atoms with Gasteiger partial charge in [0.25, 0.3) is 6.35 Å². The first-order chi connectivity index (χ1) is 7.93. The van der Waals surface area contributed by atoms with Crippen molar-refractivity contribution in [2.75, 3.05) is 0 Å². The monoisotopic (exact) mass is 213 g/mol. The van der Waals surface area contributed by atoms with Crippen molar-refractivity contribution in [2.24, 2.45) is 5.16 Å². The molecule has 1 aromatic heterocycles. The zero-order chi connectivity index (χ0) is 10.8. The van der Waals surface area contributed by atoms with E-state index in [-0.39, 0.29) is 6.35 Å². The van der Waals surface area contributed by atoms with Crippen molar-refractivity contribution in [2.45, 2.75) is 6.35 Å². The highest BCUT2D eigenvalue weighted by molar-refractivity contribution is 5.98. The number of nitrogens with zero attached hydrogens (tertiary/aromatic N) is 2. The summed E-state index contributed by atoms with van der Waals surface area (Å²) in [7, 11) is 0. The van der Waals surface area contributed by atoms with Crippen LogP contribution in [0.2, 0.25) is 0 Å². The fourth-order valence-electron chi connectivity index (χ4n) is 1.64. The number of rotatable bonds is 2. The van der Waals surface area contributed by atoms with Gasteiger partial charge < -0.3 is 10.2 Å². The lowest BCUT2D eigenvalue weighted by atomic mass is 10.2. The van der Waals surface area contributed by atoms with Gasteiger partial charge in [0.1, 0.15) is 0 Å². The van der Waals surface area contributed by atoms with E-state index in [9.17, 15) is 0 Å². The van der Waals surface area contributed by atoms with Gasteiger partial charge in [-0.1, -0.05) is 35.5 Å². The fourth-order valence-corrected chi connectivity index (χ4v) is 1.64. The van der Waals surface area contributed by atoms with Crippen molar-refractivity contribution >= 4 is 5.84 Å². The molecule has 0 saturated heterocycles. The Balaban J connectivity index is 1.78. The van der Waals surface area contributed by atoms with Crippen LogP contribution in [0.15, 0.2) is 60.0 Å². The number of aromatic nitrogens is 1. The van der Waals surface area contributed by atoms with Crippen LogP contribution in [-0.4, -0.2) is 10.4 Å². The average Bonchev–Trinajstić information content (AvgIpc) is 3.01. The van der Waals surface area contributed by atoms with Gasteiger partial charge in [0, 0.05) is 18.0 Å². The molecule has 0 spiro atoms. The third kappa shape index (κ3) is 1.54. The van der Waals surface area contributed by atoms with Gasteiger partial charge in [0.15, 0.2) is 5.84 Å². The van der Waals surface area contributed by atoms with E-state index in [1.807, 2.05) is 59.4 Å². The first kappa shape index (κ1) is 9.03. The lowest BCUT2D eigenvalue weighted by Crippen LogP contribution is -2.27. The molecule has 0 saturated carbocycles. The standard InChI is InChI=1S/C12H11N3O/c1-2-6-10(7-3-1)11-13-12(16-14-11)15-8-4-5-9-15/h1-9,12H,(H,13,14). The maximum atomic E-state index is 5.30. The van der Waals surface area contributed by atoms with Gasteiger partial charge in [-0.05, 0) is 12.1 Å². The van der Waals surface area contributed by atoms with Crippen molar-refractivity contribution in [3.63, 3.8) is 0 Å². The van der Waals surface area contributed by atoms with Crippen LogP contribution in [0.1, 0.15) is 11.9 Å². The Morgan fingerprint density at radius 3 is 2.56 bits per heavy atom. The molecule has 0 bridgehead atoms. The summed E-state index contributed by atoms with van der Waals surface area (Å²) in [6.07, 6.45) is 3.62. The molecule has 1 aliphatic rings. The van der Waals surface area contributed by atoms with Crippen molar-refractivity contribution in [3.05, 3.63) is 60.4 Å². The lowest BCUT2D eigenvalue weighted by Gasteiger charge is -2.11. The lowest BCUT2D eigenvalue weighted by molar-refractivity contribution is 0.0187. The Morgan fingerprint density at radius 1 is 1.06 bits per heavy atom. The minimum atomic E-state index is -0.245. The number of benzene rings is 1. The van der Waals surface area contributed by atoms with Gasteiger partial charge in [-0.3, -0.25) is 4.57 Å². The van der Waals surface area contributed by atoms with E-state index in [0.29, 0.717) is 0 Å². The summed E-state index contributed by atoms with van der Waals surface area (Å²) in [6, 6.07) is 13.8. The maximum absolute atomic E-state index is 5.30. The predicted molar refractivity (Wildman–Crippen MR) is 60.7 cm³/mol. The highest BCUT2D eigenvalue weighted by atomic mass is 16.7. The third-order valence-electron chi connectivity index (χ3n) is 2.45. The minimum Gasteiger partial charge on any atom is -0.345 e. The molecule has 0 aliphatic carbocycles. The zero-order valence-corrected chi connectivity index (χ0v) is 8.58. The fraction of sp³-hybridized carbons (Fsp3) is 0.0833. The Morgan fingerprint density at radius 2 is 1.81 bits per heavy atom. The van der Waals surface area contributed by atoms with Crippen LogP contribution in [0, 0.1) is 0 Å². The van der Waals surface area contributed by atoms with Gasteiger partial charge in [0.2, 0.25) is 0 Å². The van der Waals surface area contributed by atoms with E-state index in [2.05, 4.69) is 10.5 Å². The Labute approximate surface area is 93.1 Å². The zero-order valence-electron chi connectivity index (χ0n) is 8.58. The summed E-state index contributed by atoms with van der Waals surface area (Å²) in [5.41, 5.74) is 1.03. The molecule has 4 heteroatoms. The topological polar surface area (TPSA) is 38.5 Å². The van der Waals surface area contributed by atoms with Crippen LogP contribution < -0.4 is 5.32 Å². The maximum Gasteiger partial charge on any atom is 0.280 e. The molecule has 1 aromatic carbocycles. The van der Waals surface area contributed by atoms with Gasteiger partial charge >= 0.3 is 0 Å². The highest BCUT2D eigenvalue weighted by Gasteiger charge is 2.20. The molecule has 1 aliphatic heterocycles. The Bertz CT molecular complexity index is 490. The molecule has 1 unspecified atom stereocenters. The SMILES string of the molecule is c1ccc(C2=NOC(n3cccc3)N2)cc1. The summed E-state index contributed by atoms with van der Waals surface area (Å²) < 4.78 is 1.92. The molecule has 80 valence electrons. The molecule has 0 radical (unpaired) electrons. The number of nitrogens with one attached hydrogen (secondary N) is 1. The molecule has 1 atom stereocenters. The number of hydrogen-bond donors (Lipinski definition) is 1. The average molecular weight is 213 g/mol. The van der Waals surface area contributed by atoms with Gasteiger partial charge in [-0.25, -0.2) is 0 Å². The second kappa shape index (κ2) is 3.73. The Hall–Kier alpha value is -2.23. The molecule has 0 amide bonds. The molecule has 0 fully saturated rings. The molecule has 16 heavy (non-hydrogen) atoms. The summed E-state index contributed by atoms with van der Waals surface area (Å²) in [5, 5.41) is 7.23. The first-order valence-electron chi connectivity index (χ1n) is 5.12. The van der Waals surface area contributed by atoms with Crippen LogP contribution >= 0.6 is 0 Å². The molecular formula is C12H11N3O. The highest BCUT2D eigenvalue weighted by Crippen LogP contribution is 2.14. The summed E-state index contributed by atoms with van der Waals surface area (Å²) >= 11 is 0. The van der Waals surface area contributed by atoms with E-state index >= 15 is 0 Å². The van der Waals surface area contributed by atoms with E-state index in [1.54, 1.807) is 0 Å². The van der Waals surface area contributed by atoms with E-state index in [0.717, 1.165) is 11.4 Å². The van der Waals surface area contributed by atoms with Crippen LogP contribution in [0.25, 0.3) is 0 Å². The molecule has 2 aromatic rings. The first-order valence-corrected chi connectivity index (χ1v) is 5.12. The second-order valence-corrected chi connectivity index (χ2v) is 3.54. The van der Waals surface area contributed by atoms with Crippen LogP contribution in [0.5, 0.6) is 0 Å². The number of amidine groups is 1. The molecule has 3 rings (SSSR count). The van der Waals surface area contributed by atoms with Crippen molar-refractivity contribution in [3.8, 4) is 0 Å². The third-order valence-corrected chi connectivity index (χ3v) is 2.45. The predicted octanol–water partition coefficient (Wildman–Crippen LogP) is 1.93. The van der Waals surface area contributed by atoms with Crippen molar-refractivity contribution in [1.29, 1.82) is 0 Å². The number of oxime groups is 1. The summed E-state index contributed by atoms with van der Waals surface area (Å²) in [4.78, 5) is 5.30. The molecular weight excluding hydrogens is 202 g/mol. The second-order valence-electron chi connectivity index (χ2n) is 3.54. The van der Waals surface area contributed by atoms with Crippen LogP contribution in [0.3, 0.4) is 0 Å². The molecule has 2 heterocycles. The Kier molecular flexibility index (Phi) is 2.11. The van der Waals surface area contributed by atoms with Crippen LogP contribution in [-0.2, 0) is 4.84 Å². The number of hydrogen-bond acceptors (Lipinski definition) is 3. The van der Waals surface area contributed by atoms with Gasteiger partial charge in [0.05, 0.1) is 0 Å². The van der Waals surface area contributed by atoms with Crippen LogP contribution in [0.4, 0.5) is 0 Å². The van der Waals surface area contributed by atoms with E-state index in [4.69, 9.17) is 4.84 Å².